The molecule has 0 bridgehead atoms. The molecule has 0 aromatic heterocycles. The molecule has 0 fully saturated rings. The summed E-state index contributed by atoms with van der Waals surface area (Å²) in [6, 6.07) is 6.30. The minimum absolute atomic E-state index is 0.0359. The van der Waals surface area contributed by atoms with Crippen LogP contribution in [0.15, 0.2) is 36.1 Å². The van der Waals surface area contributed by atoms with Gasteiger partial charge in [-0.05, 0) is 36.6 Å². The third kappa shape index (κ3) is 13.7. The zero-order valence-electron chi connectivity index (χ0n) is 19.0. The van der Waals surface area contributed by atoms with Crippen molar-refractivity contribution in [3.05, 3.63) is 41.7 Å². The molecule has 0 aliphatic heterocycles. The Morgan fingerprint density at radius 1 is 0.906 bits per heavy atom. The van der Waals surface area contributed by atoms with E-state index in [-0.39, 0.29) is 24.5 Å². The van der Waals surface area contributed by atoms with Crippen LogP contribution in [-0.4, -0.2) is 37.8 Å². The van der Waals surface area contributed by atoms with Gasteiger partial charge in [0.25, 0.3) is 0 Å². The average molecular weight is 479 g/mol. The zero-order chi connectivity index (χ0) is 23.9. The molecule has 0 amide bonds. The molecule has 0 unspecified atom stereocenters. The highest BCUT2D eigenvalue weighted by molar-refractivity contribution is 7.91. The maximum absolute atomic E-state index is 12.3. The van der Waals surface area contributed by atoms with Crippen LogP contribution in [0, 0.1) is 0 Å². The summed E-state index contributed by atoms with van der Waals surface area (Å²) < 4.78 is 66.5. The number of halogens is 3. The SMILES string of the molecule is CCCCCCCCCCCCS(=O)(=O)CCOc1ccc(C/C=C(\O)C(F)(F)F)cc1. The molecule has 32 heavy (non-hydrogen) atoms. The van der Waals surface area contributed by atoms with Crippen LogP contribution in [0.4, 0.5) is 13.2 Å². The Kier molecular flexibility index (Phi) is 13.5. The average Bonchev–Trinajstić information content (AvgIpc) is 2.73. The molecule has 0 heterocycles. The van der Waals surface area contributed by atoms with Crippen LogP contribution in [0.3, 0.4) is 0 Å². The number of benzene rings is 1. The maximum Gasteiger partial charge on any atom is 0.448 e. The van der Waals surface area contributed by atoms with Crippen molar-refractivity contribution in [3.8, 4) is 5.75 Å². The molecular weight excluding hydrogens is 441 g/mol. The minimum atomic E-state index is -4.75. The summed E-state index contributed by atoms with van der Waals surface area (Å²) in [5, 5.41) is 8.90. The van der Waals surface area contributed by atoms with Crippen LogP contribution in [0.2, 0.25) is 0 Å². The van der Waals surface area contributed by atoms with E-state index in [0.717, 1.165) is 19.3 Å². The number of aliphatic hydroxyl groups is 1. The zero-order valence-corrected chi connectivity index (χ0v) is 19.8. The van der Waals surface area contributed by atoms with Crippen LogP contribution in [0.1, 0.15) is 76.7 Å². The second-order valence-electron chi connectivity index (χ2n) is 8.12. The summed E-state index contributed by atoms with van der Waals surface area (Å²) in [7, 11) is -3.17. The third-order valence-corrected chi connectivity index (χ3v) is 6.92. The molecule has 1 rings (SSSR count). The number of allylic oxidation sites excluding steroid dienone is 2. The molecule has 0 saturated heterocycles. The normalized spacial score (nSPS) is 12.8. The number of hydrogen-bond acceptors (Lipinski definition) is 4. The number of sulfone groups is 1. The van der Waals surface area contributed by atoms with Gasteiger partial charge in [-0.1, -0.05) is 76.8 Å². The molecule has 0 aliphatic rings. The first kappa shape index (κ1) is 28.3. The molecule has 1 N–H and O–H groups in total. The van der Waals surface area contributed by atoms with Gasteiger partial charge in [0.05, 0.1) is 11.5 Å². The summed E-state index contributed by atoms with van der Waals surface area (Å²) in [4.78, 5) is 0. The fourth-order valence-corrected chi connectivity index (χ4v) is 4.44. The Morgan fingerprint density at radius 2 is 1.44 bits per heavy atom. The summed E-state index contributed by atoms with van der Waals surface area (Å²) >= 11 is 0. The van der Waals surface area contributed by atoms with Gasteiger partial charge in [0, 0.05) is 0 Å². The van der Waals surface area contributed by atoms with Crippen molar-refractivity contribution in [1.82, 2.24) is 0 Å². The summed E-state index contributed by atoms with van der Waals surface area (Å²) in [6.07, 6.45) is 7.38. The van der Waals surface area contributed by atoms with Gasteiger partial charge in [-0.15, -0.1) is 0 Å². The molecule has 184 valence electrons. The first-order valence-corrected chi connectivity index (χ1v) is 13.3. The van der Waals surface area contributed by atoms with Crippen LogP contribution in [0.25, 0.3) is 0 Å². The first-order valence-electron chi connectivity index (χ1n) is 11.5. The smallest absolute Gasteiger partial charge is 0.448 e. The molecule has 0 spiro atoms. The lowest BCUT2D eigenvalue weighted by molar-refractivity contribution is -0.120. The van der Waals surface area contributed by atoms with Crippen LogP contribution in [-0.2, 0) is 16.3 Å². The number of alkyl halides is 3. The predicted molar refractivity (Wildman–Crippen MR) is 123 cm³/mol. The van der Waals surface area contributed by atoms with Crippen molar-refractivity contribution in [1.29, 1.82) is 0 Å². The molecule has 4 nitrogen and oxygen atoms in total. The highest BCUT2D eigenvalue weighted by Crippen LogP contribution is 2.23. The predicted octanol–water partition coefficient (Wildman–Crippen LogP) is 6.95. The molecule has 0 saturated carbocycles. The number of aliphatic hydroxyl groups excluding tert-OH is 1. The molecule has 8 heteroatoms. The van der Waals surface area contributed by atoms with Gasteiger partial charge in [0.15, 0.2) is 15.6 Å². The molecule has 0 atom stereocenters. The van der Waals surface area contributed by atoms with Gasteiger partial charge < -0.3 is 9.84 Å². The van der Waals surface area contributed by atoms with Gasteiger partial charge >= 0.3 is 6.18 Å². The largest absolute Gasteiger partial charge is 0.504 e. The van der Waals surface area contributed by atoms with Gasteiger partial charge in [-0.25, -0.2) is 8.42 Å². The summed E-state index contributed by atoms with van der Waals surface area (Å²) in [5.41, 5.74) is 0.571. The standard InChI is InChI=1S/C24H37F3O4S/c1-2-3-4-5-6-7-8-9-10-11-19-32(29,30)20-18-31-22-15-12-21(13-16-22)14-17-23(28)24(25,26)27/h12-13,15-17,28H,2-11,14,18-20H2,1H3/b23-17-. The highest BCUT2D eigenvalue weighted by atomic mass is 32.2. The molecular formula is C24H37F3O4S. The fourth-order valence-electron chi connectivity index (χ4n) is 3.25. The highest BCUT2D eigenvalue weighted by Gasteiger charge is 2.33. The Balaban J connectivity index is 2.19. The van der Waals surface area contributed by atoms with E-state index in [1.54, 1.807) is 24.3 Å². The van der Waals surface area contributed by atoms with Crippen molar-refractivity contribution in [2.75, 3.05) is 18.1 Å². The van der Waals surface area contributed by atoms with E-state index in [1.807, 2.05) is 0 Å². The second-order valence-corrected chi connectivity index (χ2v) is 10.4. The van der Waals surface area contributed by atoms with E-state index in [4.69, 9.17) is 9.84 Å². The van der Waals surface area contributed by atoms with Gasteiger partial charge in [-0.3, -0.25) is 0 Å². The first-order chi connectivity index (χ1) is 15.1. The summed E-state index contributed by atoms with van der Waals surface area (Å²) in [6.45, 7) is 2.24. The van der Waals surface area contributed by atoms with Crippen LogP contribution >= 0.6 is 0 Å². The summed E-state index contributed by atoms with van der Waals surface area (Å²) in [5.74, 6) is -1.06. The van der Waals surface area contributed by atoms with E-state index < -0.39 is 21.8 Å². The lowest BCUT2D eigenvalue weighted by atomic mass is 10.1. The number of rotatable bonds is 17. The van der Waals surface area contributed by atoms with Crippen molar-refractivity contribution in [2.24, 2.45) is 0 Å². The van der Waals surface area contributed by atoms with E-state index in [9.17, 15) is 21.6 Å². The third-order valence-electron chi connectivity index (χ3n) is 5.22. The molecule has 0 radical (unpaired) electrons. The second kappa shape index (κ2) is 15.2. The molecule has 0 aliphatic carbocycles. The Hall–Kier alpha value is -1.70. The number of ether oxygens (including phenoxy) is 1. The lowest BCUT2D eigenvalue weighted by Gasteiger charge is -2.08. The Bertz CT molecular complexity index is 756. The van der Waals surface area contributed by atoms with Crippen molar-refractivity contribution < 1.29 is 31.4 Å². The van der Waals surface area contributed by atoms with E-state index in [2.05, 4.69) is 6.92 Å². The molecule has 1 aromatic rings. The Labute approximate surface area is 190 Å². The van der Waals surface area contributed by atoms with Gasteiger partial charge in [0.2, 0.25) is 0 Å². The fraction of sp³-hybridized carbons (Fsp3) is 0.667. The van der Waals surface area contributed by atoms with Crippen LogP contribution < -0.4 is 4.74 Å². The van der Waals surface area contributed by atoms with Crippen molar-refractivity contribution in [3.63, 3.8) is 0 Å². The number of hydrogen-bond donors (Lipinski definition) is 1. The van der Waals surface area contributed by atoms with E-state index in [1.165, 1.54) is 38.5 Å². The van der Waals surface area contributed by atoms with Crippen molar-refractivity contribution in [2.45, 2.75) is 83.7 Å². The van der Waals surface area contributed by atoms with Gasteiger partial charge in [0.1, 0.15) is 12.4 Å². The topological polar surface area (TPSA) is 63.6 Å². The lowest BCUT2D eigenvalue weighted by Crippen LogP contribution is -2.17. The van der Waals surface area contributed by atoms with Gasteiger partial charge in [-0.2, -0.15) is 13.2 Å². The maximum atomic E-state index is 12.3. The Morgan fingerprint density at radius 3 is 1.97 bits per heavy atom. The van der Waals surface area contributed by atoms with E-state index >= 15 is 0 Å². The van der Waals surface area contributed by atoms with E-state index in [0.29, 0.717) is 23.8 Å². The monoisotopic (exact) mass is 478 g/mol. The minimum Gasteiger partial charge on any atom is -0.504 e. The quantitative estimate of drug-likeness (QED) is 0.194. The molecule has 1 aromatic carbocycles. The number of unbranched alkanes of at least 4 members (excludes halogenated alkanes) is 9. The van der Waals surface area contributed by atoms with Crippen LogP contribution in [0.5, 0.6) is 5.75 Å². The van der Waals surface area contributed by atoms with Crippen molar-refractivity contribution >= 4 is 9.84 Å².